The molecule has 2 aromatic rings. The maximum absolute atomic E-state index is 13.8. The van der Waals surface area contributed by atoms with Crippen LogP contribution in [0.25, 0.3) is 0 Å². The summed E-state index contributed by atoms with van der Waals surface area (Å²) in [6, 6.07) is 3.63. The van der Waals surface area contributed by atoms with E-state index < -0.39 is 107 Å². The van der Waals surface area contributed by atoms with Crippen LogP contribution in [0.2, 0.25) is 0 Å². The lowest BCUT2D eigenvalue weighted by Gasteiger charge is -2.43. The molecule has 2 aliphatic heterocycles. The van der Waals surface area contributed by atoms with Crippen molar-refractivity contribution in [2.75, 3.05) is 26.8 Å². The van der Waals surface area contributed by atoms with Crippen LogP contribution < -0.4 is 10.1 Å². The maximum atomic E-state index is 13.8. The van der Waals surface area contributed by atoms with Gasteiger partial charge < -0.3 is 45.1 Å². The van der Waals surface area contributed by atoms with Gasteiger partial charge in [-0.15, -0.1) is 0 Å². The van der Waals surface area contributed by atoms with Crippen LogP contribution in [0, 0.1) is 0 Å². The summed E-state index contributed by atoms with van der Waals surface area (Å²) in [5, 5.41) is 58.2. The van der Waals surface area contributed by atoms with Crippen LogP contribution in [0.1, 0.15) is 68.8 Å². The minimum absolute atomic E-state index is 0.0243. The van der Waals surface area contributed by atoms with E-state index >= 15 is 0 Å². The molecule has 4 unspecified atom stereocenters. The van der Waals surface area contributed by atoms with Crippen LogP contribution in [0.5, 0.6) is 17.2 Å². The van der Waals surface area contributed by atoms with Crippen molar-refractivity contribution in [3.8, 4) is 17.2 Å². The van der Waals surface area contributed by atoms with Crippen LogP contribution in [0.3, 0.4) is 0 Å². The van der Waals surface area contributed by atoms with E-state index in [1.807, 2.05) is 0 Å². The largest absolute Gasteiger partial charge is 0.507 e. The van der Waals surface area contributed by atoms with Gasteiger partial charge in [-0.1, -0.05) is 12.1 Å². The van der Waals surface area contributed by atoms with Crippen molar-refractivity contribution in [1.82, 2.24) is 10.2 Å². The minimum atomic E-state index is -2.31. The van der Waals surface area contributed by atoms with Gasteiger partial charge in [-0.2, -0.15) is 0 Å². The summed E-state index contributed by atoms with van der Waals surface area (Å²) < 4.78 is 17.4. The Balaban J connectivity index is 1.35. The average Bonchev–Trinajstić information content (AvgIpc) is 3.38. The first kappa shape index (κ1) is 33.4. The van der Waals surface area contributed by atoms with Gasteiger partial charge in [-0.25, -0.2) is 0 Å². The van der Waals surface area contributed by atoms with E-state index in [1.165, 1.54) is 25.3 Å². The van der Waals surface area contributed by atoms with Gasteiger partial charge in [-0.3, -0.25) is 28.9 Å². The first-order valence-electron chi connectivity index (χ1n) is 15.3. The van der Waals surface area contributed by atoms with Gasteiger partial charge in [0.2, 0.25) is 5.78 Å². The van der Waals surface area contributed by atoms with E-state index in [0.717, 1.165) is 17.1 Å². The number of rotatable bonds is 9. The molecule has 48 heavy (non-hydrogen) atoms. The number of amides is 2. The zero-order valence-electron chi connectivity index (χ0n) is 26.0. The number of ether oxygens (including phenoxy) is 3. The molecule has 15 heteroatoms. The van der Waals surface area contributed by atoms with E-state index in [1.54, 1.807) is 6.92 Å². The summed E-state index contributed by atoms with van der Waals surface area (Å²) in [7, 11) is 1.31. The Bertz CT molecular complexity index is 1750. The second-order valence-corrected chi connectivity index (χ2v) is 12.2. The average molecular weight is 667 g/mol. The monoisotopic (exact) mass is 666 g/mol. The molecule has 6 N–H and O–H groups in total. The summed E-state index contributed by atoms with van der Waals surface area (Å²) in [6.07, 6.45) is -3.32. The highest BCUT2D eigenvalue weighted by atomic mass is 16.7. The number of phenolic OH excluding ortho intramolecular Hbond substituents is 2. The Labute approximate surface area is 273 Å². The molecule has 254 valence electrons. The maximum Gasteiger partial charge on any atom is 0.253 e. The number of methoxy groups -OCH3 is 1. The van der Waals surface area contributed by atoms with Gasteiger partial charge in [0.1, 0.15) is 29.5 Å². The Kier molecular flexibility index (Phi) is 8.70. The number of carbonyl (C=O) groups excluding carboxylic acids is 5. The number of ketones is 3. The van der Waals surface area contributed by atoms with Crippen molar-refractivity contribution < 1.29 is 63.7 Å². The van der Waals surface area contributed by atoms with Crippen LogP contribution in [-0.4, -0.2) is 117 Å². The topological polar surface area (TPSA) is 229 Å². The van der Waals surface area contributed by atoms with Gasteiger partial charge in [-0.05, 0) is 13.0 Å². The van der Waals surface area contributed by atoms with Crippen LogP contribution in [0.15, 0.2) is 30.4 Å². The number of hydrogen-bond donors (Lipinski definition) is 6. The van der Waals surface area contributed by atoms with Crippen molar-refractivity contribution in [3.05, 3.63) is 63.7 Å². The van der Waals surface area contributed by atoms with Crippen molar-refractivity contribution >= 4 is 29.2 Å². The molecule has 2 amide bonds. The summed E-state index contributed by atoms with van der Waals surface area (Å²) in [5.74, 6) is -4.91. The molecule has 1 fully saturated rings. The Morgan fingerprint density at radius 3 is 2.42 bits per heavy atom. The number of Topliss-reactive ketones (excluding diaryl/α,β-unsaturated/α-hetero) is 1. The highest BCUT2D eigenvalue weighted by Crippen LogP contribution is 2.52. The molecule has 6 atom stereocenters. The molecule has 2 aliphatic carbocycles. The van der Waals surface area contributed by atoms with Crippen LogP contribution in [-0.2, 0) is 30.3 Å². The lowest BCUT2D eigenvalue weighted by atomic mass is 9.72. The first-order chi connectivity index (χ1) is 22.8. The highest BCUT2D eigenvalue weighted by molar-refractivity contribution is 6.31. The molecule has 2 heterocycles. The lowest BCUT2D eigenvalue weighted by molar-refractivity contribution is -0.249. The van der Waals surface area contributed by atoms with E-state index in [0.29, 0.717) is 0 Å². The third kappa shape index (κ3) is 5.38. The number of phenols is 2. The fourth-order valence-corrected chi connectivity index (χ4v) is 6.93. The Hall–Kier alpha value is -4.51. The summed E-state index contributed by atoms with van der Waals surface area (Å²) >= 11 is 0. The fourth-order valence-electron chi connectivity index (χ4n) is 6.93. The van der Waals surface area contributed by atoms with E-state index in [-0.39, 0.29) is 47.5 Å². The highest BCUT2D eigenvalue weighted by Gasteiger charge is 2.50. The predicted molar refractivity (Wildman–Crippen MR) is 161 cm³/mol. The minimum Gasteiger partial charge on any atom is -0.507 e. The number of hydrogen-bond acceptors (Lipinski definition) is 14. The molecular formula is C33H34N2O13. The number of aromatic hydroxyl groups is 2. The molecule has 0 radical (unpaired) electrons. The number of nitrogens with one attached hydrogen (secondary N) is 1. The standard InChI is InChI=1S/C33H34N2O13/c1-14-28(40)17(34-8-9-35-21(38)6-7-22(35)39)10-23(47-14)48-19-12-33(45,20(37)13-36)11-16-25(19)32(44)27-26(30(16)42)29(41)15-4-3-5-18(46-2)24(15)31(27)43/h3-7,14,17,19,23,28,34,36,40,42,44-45H,8-13H2,1-2H3/t14?,17?,19-,23?,28?,33-/m0/s1. The van der Waals surface area contributed by atoms with Gasteiger partial charge in [0.15, 0.2) is 17.9 Å². The molecule has 2 aromatic carbocycles. The van der Waals surface area contributed by atoms with E-state index in [4.69, 9.17) is 14.2 Å². The number of fused-ring (bicyclic) bond motifs is 3. The number of aliphatic hydroxyl groups is 3. The van der Waals surface area contributed by atoms with Crippen molar-refractivity contribution in [1.29, 1.82) is 0 Å². The van der Waals surface area contributed by atoms with Gasteiger partial charge in [0, 0.05) is 67.2 Å². The van der Waals surface area contributed by atoms with Crippen LogP contribution >= 0.6 is 0 Å². The Morgan fingerprint density at radius 1 is 1.06 bits per heavy atom. The second kappa shape index (κ2) is 12.5. The van der Waals surface area contributed by atoms with Crippen LogP contribution in [0.4, 0.5) is 0 Å². The number of nitrogens with zero attached hydrogens (tertiary/aromatic N) is 1. The summed E-state index contributed by atoms with van der Waals surface area (Å²) in [4.78, 5) is 65.2. The molecule has 4 aliphatic rings. The SMILES string of the molecule is COc1cccc2c1C(=O)c1c(O)c3c(c(O)c1C2=O)C[C@@](O)(C(=O)CO)C[C@@H]3OC1CC(NCCN2C(=O)C=CC2=O)C(O)C(C)O1. The smallest absolute Gasteiger partial charge is 0.253 e. The summed E-state index contributed by atoms with van der Waals surface area (Å²) in [6.45, 7) is 0.661. The number of aliphatic hydroxyl groups excluding tert-OH is 2. The van der Waals surface area contributed by atoms with Crippen molar-refractivity contribution in [2.45, 2.75) is 62.4 Å². The quantitative estimate of drug-likeness (QED) is 0.126. The zero-order chi connectivity index (χ0) is 34.7. The number of imide groups is 1. The van der Waals surface area contributed by atoms with Crippen molar-refractivity contribution in [3.63, 3.8) is 0 Å². The molecule has 0 saturated carbocycles. The molecule has 0 bridgehead atoms. The molecule has 0 aromatic heterocycles. The third-order valence-electron chi connectivity index (χ3n) is 9.40. The van der Waals surface area contributed by atoms with Gasteiger partial charge >= 0.3 is 0 Å². The normalized spacial score (nSPS) is 27.9. The Morgan fingerprint density at radius 2 is 1.75 bits per heavy atom. The molecule has 15 nitrogen and oxygen atoms in total. The van der Waals surface area contributed by atoms with Gasteiger partial charge in [0.25, 0.3) is 11.8 Å². The lowest BCUT2D eigenvalue weighted by Crippen LogP contribution is -2.55. The zero-order valence-corrected chi connectivity index (χ0v) is 26.0. The number of benzene rings is 2. The third-order valence-corrected chi connectivity index (χ3v) is 9.40. The first-order valence-corrected chi connectivity index (χ1v) is 15.3. The summed E-state index contributed by atoms with van der Waals surface area (Å²) in [5.41, 5.74) is -3.92. The van der Waals surface area contributed by atoms with Crippen molar-refractivity contribution in [2.24, 2.45) is 0 Å². The van der Waals surface area contributed by atoms with E-state index in [9.17, 15) is 49.5 Å². The molecule has 1 saturated heterocycles. The predicted octanol–water partition coefficient (Wildman–Crippen LogP) is -0.443. The van der Waals surface area contributed by atoms with E-state index in [2.05, 4.69) is 5.32 Å². The molecule has 6 rings (SSSR count). The molecular weight excluding hydrogens is 632 g/mol. The van der Waals surface area contributed by atoms with Gasteiger partial charge in [0.05, 0.1) is 42.1 Å². The molecule has 0 spiro atoms. The number of carbonyl (C=O) groups is 5. The fraction of sp³-hybridized carbons (Fsp3) is 0.424. The second-order valence-electron chi connectivity index (χ2n) is 12.2.